The standard InChI is InChI=1S/C18H26N6O/c1-15(14-24-11-5-7-21-24)22-18(25)20-13-16-6-8-19-17(12-16)23-9-3-2-4-10-23/h5-8,11-12,15H,2-4,9-10,13-14H2,1H3,(H2,20,22,25)/t15-/m1/s1. The van der Waals surface area contributed by atoms with Crippen LogP contribution in [0.4, 0.5) is 10.6 Å². The van der Waals surface area contributed by atoms with Crippen molar-refractivity contribution < 1.29 is 4.79 Å². The van der Waals surface area contributed by atoms with Crippen LogP contribution in [0.15, 0.2) is 36.8 Å². The number of aromatic nitrogens is 3. The normalized spacial score (nSPS) is 15.6. The third-order valence-electron chi connectivity index (χ3n) is 4.34. The van der Waals surface area contributed by atoms with Crippen molar-refractivity contribution in [3.63, 3.8) is 0 Å². The fraction of sp³-hybridized carbons (Fsp3) is 0.500. The van der Waals surface area contributed by atoms with E-state index < -0.39 is 0 Å². The maximum absolute atomic E-state index is 12.1. The molecule has 7 nitrogen and oxygen atoms in total. The Labute approximate surface area is 148 Å². The van der Waals surface area contributed by atoms with E-state index in [1.165, 1.54) is 19.3 Å². The Hall–Kier alpha value is -2.57. The maximum Gasteiger partial charge on any atom is 0.315 e. The molecule has 3 heterocycles. The lowest BCUT2D eigenvalue weighted by Gasteiger charge is -2.27. The zero-order chi connectivity index (χ0) is 17.5. The van der Waals surface area contributed by atoms with Crippen LogP contribution in [0.3, 0.4) is 0 Å². The Morgan fingerprint density at radius 3 is 2.88 bits per heavy atom. The van der Waals surface area contributed by atoms with Gasteiger partial charge in [-0.2, -0.15) is 5.10 Å². The molecule has 0 unspecified atom stereocenters. The summed E-state index contributed by atoms with van der Waals surface area (Å²) in [5, 5.41) is 9.99. The predicted molar refractivity (Wildman–Crippen MR) is 97.4 cm³/mol. The number of anilines is 1. The summed E-state index contributed by atoms with van der Waals surface area (Å²) in [6.45, 7) is 5.23. The second-order valence-electron chi connectivity index (χ2n) is 6.53. The van der Waals surface area contributed by atoms with Crippen molar-refractivity contribution in [2.75, 3.05) is 18.0 Å². The van der Waals surface area contributed by atoms with Gasteiger partial charge in [0.25, 0.3) is 0 Å². The van der Waals surface area contributed by atoms with Gasteiger partial charge in [0.05, 0.1) is 6.54 Å². The number of rotatable bonds is 6. The number of hydrogen-bond donors (Lipinski definition) is 2. The van der Waals surface area contributed by atoms with Gasteiger partial charge in [0, 0.05) is 44.3 Å². The lowest BCUT2D eigenvalue weighted by atomic mass is 10.1. The minimum Gasteiger partial charge on any atom is -0.357 e. The number of nitrogens with zero attached hydrogens (tertiary/aromatic N) is 4. The van der Waals surface area contributed by atoms with Crippen molar-refractivity contribution in [1.29, 1.82) is 0 Å². The zero-order valence-electron chi connectivity index (χ0n) is 14.7. The molecule has 0 bridgehead atoms. The van der Waals surface area contributed by atoms with Gasteiger partial charge in [-0.15, -0.1) is 0 Å². The van der Waals surface area contributed by atoms with Crippen LogP contribution >= 0.6 is 0 Å². The van der Waals surface area contributed by atoms with Crippen molar-refractivity contribution >= 4 is 11.8 Å². The lowest BCUT2D eigenvalue weighted by molar-refractivity contribution is 0.235. The van der Waals surface area contributed by atoms with Gasteiger partial charge in [0.2, 0.25) is 0 Å². The molecule has 0 saturated carbocycles. The van der Waals surface area contributed by atoms with Crippen LogP contribution in [0.25, 0.3) is 0 Å². The number of carbonyl (C=O) groups is 1. The highest BCUT2D eigenvalue weighted by molar-refractivity contribution is 5.74. The Kier molecular flexibility index (Phi) is 5.87. The molecule has 2 aromatic rings. The highest BCUT2D eigenvalue weighted by atomic mass is 16.2. The van der Waals surface area contributed by atoms with Crippen LogP contribution in [0.5, 0.6) is 0 Å². The monoisotopic (exact) mass is 342 g/mol. The highest BCUT2D eigenvalue weighted by Crippen LogP contribution is 2.18. The Morgan fingerprint density at radius 2 is 2.12 bits per heavy atom. The maximum atomic E-state index is 12.1. The summed E-state index contributed by atoms with van der Waals surface area (Å²) in [7, 11) is 0. The molecule has 1 aliphatic heterocycles. The SMILES string of the molecule is C[C@H](Cn1cccn1)NC(=O)NCc1ccnc(N2CCCCC2)c1. The van der Waals surface area contributed by atoms with Gasteiger partial charge >= 0.3 is 6.03 Å². The van der Waals surface area contributed by atoms with E-state index in [1.807, 2.05) is 31.5 Å². The molecular formula is C18H26N6O. The second kappa shape index (κ2) is 8.50. The average molecular weight is 342 g/mol. The molecule has 3 rings (SSSR count). The van der Waals surface area contributed by atoms with Gasteiger partial charge < -0.3 is 15.5 Å². The molecule has 1 aliphatic rings. The van der Waals surface area contributed by atoms with Crippen molar-refractivity contribution in [2.45, 2.75) is 45.3 Å². The van der Waals surface area contributed by atoms with E-state index in [1.54, 1.807) is 10.9 Å². The summed E-state index contributed by atoms with van der Waals surface area (Å²) in [5.41, 5.74) is 1.06. The van der Waals surface area contributed by atoms with Gasteiger partial charge in [-0.05, 0) is 49.9 Å². The molecule has 25 heavy (non-hydrogen) atoms. The fourth-order valence-corrected chi connectivity index (χ4v) is 3.06. The van der Waals surface area contributed by atoms with E-state index in [0.29, 0.717) is 13.1 Å². The number of nitrogens with one attached hydrogen (secondary N) is 2. The molecule has 1 saturated heterocycles. The number of piperidine rings is 1. The second-order valence-corrected chi connectivity index (χ2v) is 6.53. The quantitative estimate of drug-likeness (QED) is 0.843. The lowest BCUT2D eigenvalue weighted by Crippen LogP contribution is -2.42. The Morgan fingerprint density at radius 1 is 1.28 bits per heavy atom. The van der Waals surface area contributed by atoms with Gasteiger partial charge in [0.15, 0.2) is 0 Å². The number of pyridine rings is 1. The van der Waals surface area contributed by atoms with Crippen LogP contribution in [0, 0.1) is 0 Å². The highest BCUT2D eigenvalue weighted by Gasteiger charge is 2.13. The summed E-state index contributed by atoms with van der Waals surface area (Å²) in [4.78, 5) is 18.9. The summed E-state index contributed by atoms with van der Waals surface area (Å²) in [6.07, 6.45) is 9.18. The molecule has 0 aliphatic carbocycles. The summed E-state index contributed by atoms with van der Waals surface area (Å²) in [5.74, 6) is 1.01. The zero-order valence-corrected chi connectivity index (χ0v) is 14.7. The first-order valence-corrected chi connectivity index (χ1v) is 8.92. The van der Waals surface area contributed by atoms with Gasteiger partial charge in [-0.25, -0.2) is 9.78 Å². The van der Waals surface area contributed by atoms with Gasteiger partial charge in [-0.3, -0.25) is 4.68 Å². The number of urea groups is 1. The Balaban J connectivity index is 1.46. The van der Waals surface area contributed by atoms with Crippen LogP contribution in [-0.4, -0.2) is 39.9 Å². The molecule has 1 atom stereocenters. The molecule has 2 aromatic heterocycles. The van der Waals surface area contributed by atoms with Gasteiger partial charge in [0.1, 0.15) is 5.82 Å². The smallest absolute Gasteiger partial charge is 0.315 e. The average Bonchev–Trinajstić information content (AvgIpc) is 3.14. The molecule has 1 fully saturated rings. The van der Waals surface area contributed by atoms with E-state index in [9.17, 15) is 4.79 Å². The van der Waals surface area contributed by atoms with E-state index in [0.717, 1.165) is 24.5 Å². The van der Waals surface area contributed by atoms with Crippen LogP contribution in [0.1, 0.15) is 31.7 Å². The van der Waals surface area contributed by atoms with E-state index in [-0.39, 0.29) is 12.1 Å². The molecular weight excluding hydrogens is 316 g/mol. The van der Waals surface area contributed by atoms with Crippen molar-refractivity contribution in [1.82, 2.24) is 25.4 Å². The molecule has 134 valence electrons. The first-order chi connectivity index (χ1) is 12.2. The minimum absolute atomic E-state index is 0.00116. The first kappa shape index (κ1) is 17.3. The molecule has 2 amide bonds. The number of hydrogen-bond acceptors (Lipinski definition) is 4. The van der Waals surface area contributed by atoms with E-state index in [4.69, 9.17) is 0 Å². The number of carbonyl (C=O) groups excluding carboxylic acids is 1. The fourth-order valence-electron chi connectivity index (χ4n) is 3.06. The molecule has 0 spiro atoms. The minimum atomic E-state index is -0.170. The van der Waals surface area contributed by atoms with Crippen molar-refractivity contribution in [3.8, 4) is 0 Å². The van der Waals surface area contributed by atoms with Crippen molar-refractivity contribution in [3.05, 3.63) is 42.4 Å². The molecule has 0 radical (unpaired) electrons. The largest absolute Gasteiger partial charge is 0.357 e. The molecule has 2 N–H and O–H groups in total. The van der Waals surface area contributed by atoms with E-state index >= 15 is 0 Å². The third-order valence-corrected chi connectivity index (χ3v) is 4.34. The first-order valence-electron chi connectivity index (χ1n) is 8.92. The van der Waals surface area contributed by atoms with Crippen LogP contribution in [-0.2, 0) is 13.1 Å². The molecule has 0 aromatic carbocycles. The van der Waals surface area contributed by atoms with Gasteiger partial charge in [-0.1, -0.05) is 0 Å². The number of amides is 2. The summed E-state index contributed by atoms with van der Waals surface area (Å²) in [6, 6.07) is 5.72. The molecule has 7 heteroatoms. The Bertz CT molecular complexity index is 666. The topological polar surface area (TPSA) is 75.1 Å². The van der Waals surface area contributed by atoms with Crippen molar-refractivity contribution in [2.24, 2.45) is 0 Å². The van der Waals surface area contributed by atoms with Crippen LogP contribution < -0.4 is 15.5 Å². The summed E-state index contributed by atoms with van der Waals surface area (Å²) < 4.78 is 1.80. The third kappa shape index (κ3) is 5.20. The summed E-state index contributed by atoms with van der Waals surface area (Å²) >= 11 is 0. The predicted octanol–water partition coefficient (Wildman–Crippen LogP) is 2.16. The van der Waals surface area contributed by atoms with Crippen LogP contribution in [0.2, 0.25) is 0 Å². The van der Waals surface area contributed by atoms with E-state index in [2.05, 4.69) is 31.7 Å².